The van der Waals surface area contributed by atoms with E-state index in [0.29, 0.717) is 12.0 Å². The molecule has 0 bridgehead atoms. The first-order valence-corrected chi connectivity index (χ1v) is 9.24. The van der Waals surface area contributed by atoms with Gasteiger partial charge in [0.1, 0.15) is 6.17 Å². The Hall–Kier alpha value is -0.520. The summed E-state index contributed by atoms with van der Waals surface area (Å²) in [6.45, 7) is 1.87. The normalized spacial score (nSPS) is 27.9. The van der Waals surface area contributed by atoms with Gasteiger partial charge in [-0.05, 0) is 43.9 Å². The van der Waals surface area contributed by atoms with Crippen molar-refractivity contribution in [2.75, 3.05) is 13.1 Å². The summed E-state index contributed by atoms with van der Waals surface area (Å²) in [5.41, 5.74) is 1.11. The average molecular weight is 369 g/mol. The van der Waals surface area contributed by atoms with Crippen molar-refractivity contribution >= 4 is 37.5 Å². The predicted octanol–water partition coefficient (Wildman–Crippen LogP) is 4.74. The highest BCUT2D eigenvalue weighted by molar-refractivity contribution is 9.10. The first kappa shape index (κ1) is 14.1. The van der Waals surface area contributed by atoms with Gasteiger partial charge in [-0.15, -0.1) is 11.3 Å². The Morgan fingerprint density at radius 3 is 2.76 bits per heavy atom. The minimum atomic E-state index is -0.570. The Bertz CT molecular complexity index is 645. The van der Waals surface area contributed by atoms with E-state index in [-0.39, 0.29) is 0 Å². The van der Waals surface area contributed by atoms with Crippen molar-refractivity contribution in [3.63, 3.8) is 0 Å². The van der Waals surface area contributed by atoms with Crippen molar-refractivity contribution in [2.45, 2.75) is 43.8 Å². The van der Waals surface area contributed by atoms with Crippen LogP contribution in [0.1, 0.15) is 36.6 Å². The quantitative estimate of drug-likeness (QED) is 0.760. The molecule has 4 rings (SSSR count). The van der Waals surface area contributed by atoms with Crippen LogP contribution in [-0.4, -0.2) is 35.2 Å². The maximum Gasteiger partial charge on any atom is 0.103 e. The maximum absolute atomic E-state index is 13.2. The van der Waals surface area contributed by atoms with Crippen LogP contribution in [0.25, 0.3) is 10.2 Å². The zero-order valence-corrected chi connectivity index (χ0v) is 14.2. The van der Waals surface area contributed by atoms with E-state index < -0.39 is 6.17 Å². The van der Waals surface area contributed by atoms with Crippen LogP contribution in [-0.2, 0) is 0 Å². The van der Waals surface area contributed by atoms with Gasteiger partial charge in [-0.2, -0.15) is 0 Å². The number of hydrogen-bond donors (Lipinski definition) is 0. The van der Waals surface area contributed by atoms with Crippen molar-refractivity contribution in [2.24, 2.45) is 0 Å². The number of piperidine rings is 1. The Balaban J connectivity index is 1.42. The second-order valence-electron chi connectivity index (χ2n) is 6.20. The molecule has 0 radical (unpaired) electrons. The number of alkyl halides is 1. The Kier molecular flexibility index (Phi) is 3.76. The van der Waals surface area contributed by atoms with Crippen LogP contribution in [0.2, 0.25) is 0 Å². The Morgan fingerprint density at radius 2 is 2.00 bits per heavy atom. The van der Waals surface area contributed by atoms with Gasteiger partial charge in [0, 0.05) is 29.5 Å². The lowest BCUT2D eigenvalue weighted by Crippen LogP contribution is -2.47. The fraction of sp³-hybridized carbons (Fsp3) is 0.562. The van der Waals surface area contributed by atoms with Crippen LogP contribution < -0.4 is 0 Å². The number of fused-ring (bicyclic) bond motifs is 1. The van der Waals surface area contributed by atoms with Gasteiger partial charge < -0.3 is 4.90 Å². The molecule has 5 heteroatoms. The highest BCUT2D eigenvalue weighted by atomic mass is 79.9. The second-order valence-corrected chi connectivity index (χ2v) is 8.17. The third-order valence-corrected chi connectivity index (χ3v) is 6.48. The first-order chi connectivity index (χ1) is 10.2. The molecule has 0 spiro atoms. The van der Waals surface area contributed by atoms with Gasteiger partial charge in [-0.1, -0.05) is 15.9 Å². The molecular formula is C16H18BrFN2S. The summed E-state index contributed by atoms with van der Waals surface area (Å²) in [6, 6.07) is 6.94. The number of hydrogen-bond acceptors (Lipinski definition) is 3. The zero-order valence-electron chi connectivity index (χ0n) is 11.8. The van der Waals surface area contributed by atoms with Crippen LogP contribution in [0.15, 0.2) is 22.7 Å². The molecule has 1 aromatic carbocycles. The standard InChI is InChI=1S/C16H18BrFN2S/c17-11-1-2-14-15(9-11)21-16(19-14)10-7-13(8-10)20-5-3-12(18)4-6-20/h1-2,9-10,12-13H,3-8H2/t10-,13-. The Morgan fingerprint density at radius 1 is 1.24 bits per heavy atom. The van der Waals surface area contributed by atoms with Crippen molar-refractivity contribution in [3.8, 4) is 0 Å². The van der Waals surface area contributed by atoms with Crippen LogP contribution >= 0.6 is 27.3 Å². The molecule has 2 heterocycles. The molecule has 1 saturated carbocycles. The second kappa shape index (κ2) is 5.60. The molecule has 112 valence electrons. The van der Waals surface area contributed by atoms with Crippen molar-refractivity contribution in [1.29, 1.82) is 0 Å². The third-order valence-electron chi connectivity index (χ3n) is 4.80. The average Bonchev–Trinajstić information content (AvgIpc) is 2.81. The van der Waals surface area contributed by atoms with E-state index in [2.05, 4.69) is 39.0 Å². The van der Waals surface area contributed by atoms with E-state index in [9.17, 15) is 4.39 Å². The molecular weight excluding hydrogens is 351 g/mol. The number of likely N-dealkylation sites (tertiary alicyclic amines) is 1. The van der Waals surface area contributed by atoms with Crippen LogP contribution in [0.3, 0.4) is 0 Å². The van der Waals surface area contributed by atoms with E-state index in [1.54, 1.807) is 0 Å². The molecule has 2 aromatic rings. The lowest BCUT2D eigenvalue weighted by atomic mass is 9.79. The monoisotopic (exact) mass is 368 g/mol. The number of halogens is 2. The molecule has 2 nitrogen and oxygen atoms in total. The summed E-state index contributed by atoms with van der Waals surface area (Å²) in [5, 5.41) is 1.28. The van der Waals surface area contributed by atoms with Crippen molar-refractivity contribution in [1.82, 2.24) is 9.88 Å². The number of rotatable bonds is 2. The minimum absolute atomic E-state index is 0.570. The largest absolute Gasteiger partial charge is 0.300 e. The summed E-state index contributed by atoms with van der Waals surface area (Å²) >= 11 is 5.34. The van der Waals surface area contributed by atoms with Crippen molar-refractivity contribution in [3.05, 3.63) is 27.7 Å². The third kappa shape index (κ3) is 2.76. The fourth-order valence-electron chi connectivity index (χ4n) is 3.41. The molecule has 2 aliphatic rings. The highest BCUT2D eigenvalue weighted by Gasteiger charge is 2.37. The number of nitrogens with zero attached hydrogens (tertiary/aromatic N) is 2. The Labute approximate surface area is 136 Å². The van der Waals surface area contributed by atoms with Crippen LogP contribution in [0.5, 0.6) is 0 Å². The van der Waals surface area contributed by atoms with Gasteiger partial charge in [0.25, 0.3) is 0 Å². The highest BCUT2D eigenvalue weighted by Crippen LogP contribution is 2.43. The zero-order chi connectivity index (χ0) is 14.4. The van der Waals surface area contributed by atoms with Crippen molar-refractivity contribution < 1.29 is 4.39 Å². The van der Waals surface area contributed by atoms with E-state index in [1.807, 2.05) is 11.3 Å². The predicted molar refractivity (Wildman–Crippen MR) is 88.8 cm³/mol. The van der Waals surface area contributed by atoms with Gasteiger partial charge in [0.2, 0.25) is 0 Å². The summed E-state index contributed by atoms with van der Waals surface area (Å²) in [4.78, 5) is 7.27. The summed E-state index contributed by atoms with van der Waals surface area (Å²) < 4.78 is 15.6. The number of aromatic nitrogens is 1. The molecule has 1 aliphatic carbocycles. The van der Waals surface area contributed by atoms with Gasteiger partial charge in [-0.3, -0.25) is 0 Å². The summed E-state index contributed by atoms with van der Waals surface area (Å²) in [5.74, 6) is 0.606. The summed E-state index contributed by atoms with van der Waals surface area (Å²) in [7, 11) is 0. The molecule has 0 N–H and O–H groups in total. The lowest BCUT2D eigenvalue weighted by molar-refractivity contribution is 0.0610. The topological polar surface area (TPSA) is 16.1 Å². The maximum atomic E-state index is 13.2. The van der Waals surface area contributed by atoms with E-state index in [0.717, 1.165) is 35.9 Å². The first-order valence-electron chi connectivity index (χ1n) is 7.63. The molecule has 0 atom stereocenters. The molecule has 0 amide bonds. The SMILES string of the molecule is FC1CCN([C@H]2C[C@H](c3nc4ccc(Br)cc4s3)C2)CC1. The van der Waals surface area contributed by atoms with Gasteiger partial charge in [0.05, 0.1) is 15.2 Å². The molecule has 21 heavy (non-hydrogen) atoms. The van der Waals surface area contributed by atoms with Gasteiger partial charge in [-0.25, -0.2) is 9.37 Å². The van der Waals surface area contributed by atoms with E-state index >= 15 is 0 Å². The summed E-state index contributed by atoms with van der Waals surface area (Å²) in [6.07, 6.45) is 3.25. The number of benzene rings is 1. The van der Waals surface area contributed by atoms with Crippen LogP contribution in [0.4, 0.5) is 4.39 Å². The minimum Gasteiger partial charge on any atom is -0.300 e. The van der Waals surface area contributed by atoms with E-state index in [1.165, 1.54) is 22.5 Å². The number of thiazole rings is 1. The molecule has 0 unspecified atom stereocenters. The lowest BCUT2D eigenvalue weighted by Gasteiger charge is -2.44. The fourth-order valence-corrected chi connectivity index (χ4v) is 5.06. The molecule has 1 aromatic heterocycles. The molecule has 1 aliphatic heterocycles. The van der Waals surface area contributed by atoms with Gasteiger partial charge in [0.15, 0.2) is 0 Å². The van der Waals surface area contributed by atoms with E-state index in [4.69, 9.17) is 4.98 Å². The molecule has 1 saturated heterocycles. The van der Waals surface area contributed by atoms with Gasteiger partial charge >= 0.3 is 0 Å². The molecule has 2 fully saturated rings. The smallest absolute Gasteiger partial charge is 0.103 e. The van der Waals surface area contributed by atoms with Crippen LogP contribution in [0, 0.1) is 0 Å².